The Morgan fingerprint density at radius 2 is 1.97 bits per heavy atom. The molecular formula is C24H35IN6O2. The van der Waals surface area contributed by atoms with Crippen molar-refractivity contribution in [3.63, 3.8) is 0 Å². The van der Waals surface area contributed by atoms with E-state index in [1.54, 1.807) is 0 Å². The van der Waals surface area contributed by atoms with Crippen molar-refractivity contribution in [1.29, 1.82) is 0 Å². The number of hydrogen-bond donors (Lipinski definition) is 1. The molecule has 8 nitrogen and oxygen atoms in total. The second kappa shape index (κ2) is 12.4. The van der Waals surface area contributed by atoms with Gasteiger partial charge >= 0.3 is 0 Å². The number of morpholine rings is 1. The summed E-state index contributed by atoms with van der Waals surface area (Å²) in [5.41, 5.74) is 1.02. The van der Waals surface area contributed by atoms with Crippen molar-refractivity contribution < 1.29 is 9.53 Å². The molecule has 1 aromatic heterocycles. The highest BCUT2D eigenvalue weighted by atomic mass is 127. The fourth-order valence-electron chi connectivity index (χ4n) is 4.66. The Kier molecular flexibility index (Phi) is 9.54. The van der Waals surface area contributed by atoms with Gasteiger partial charge in [-0.25, -0.2) is 4.98 Å². The molecule has 3 atom stereocenters. The van der Waals surface area contributed by atoms with Crippen LogP contribution in [0.2, 0.25) is 0 Å². The van der Waals surface area contributed by atoms with Crippen LogP contribution in [0.5, 0.6) is 0 Å². The Bertz CT molecular complexity index is 886. The third kappa shape index (κ3) is 6.26. The maximum atomic E-state index is 13.4. The molecule has 3 heterocycles. The number of aliphatic imine (C=N–C) groups is 1. The summed E-state index contributed by atoms with van der Waals surface area (Å²) in [6.45, 7) is 7.11. The van der Waals surface area contributed by atoms with E-state index >= 15 is 0 Å². The molecule has 2 fully saturated rings. The number of imidazole rings is 1. The van der Waals surface area contributed by atoms with Crippen molar-refractivity contribution >= 4 is 35.8 Å². The lowest BCUT2D eigenvalue weighted by Gasteiger charge is -2.39. The number of likely N-dealkylation sites (tertiary alicyclic amines) is 1. The van der Waals surface area contributed by atoms with Crippen molar-refractivity contribution in [1.82, 2.24) is 24.7 Å². The van der Waals surface area contributed by atoms with Crippen LogP contribution < -0.4 is 5.32 Å². The minimum absolute atomic E-state index is 0. The SMILES string of the molecule is CN=C(NCC(C(=O)N1CCOCC1)c1ccccc1)N1CCC(C)C(n2ccnc2)C1.I. The fraction of sp³-hybridized carbons (Fsp3) is 0.542. The largest absolute Gasteiger partial charge is 0.378 e. The van der Waals surface area contributed by atoms with Gasteiger partial charge in [-0.05, 0) is 17.9 Å². The molecule has 2 aliphatic heterocycles. The summed E-state index contributed by atoms with van der Waals surface area (Å²) in [7, 11) is 1.81. The van der Waals surface area contributed by atoms with Crippen molar-refractivity contribution in [2.45, 2.75) is 25.3 Å². The van der Waals surface area contributed by atoms with Gasteiger partial charge in [0.2, 0.25) is 5.91 Å². The van der Waals surface area contributed by atoms with Crippen LogP contribution in [0.1, 0.15) is 30.9 Å². The molecule has 2 aliphatic rings. The number of guanidine groups is 1. The number of rotatable bonds is 5. The van der Waals surface area contributed by atoms with E-state index in [9.17, 15) is 4.79 Å². The van der Waals surface area contributed by atoms with E-state index in [0.717, 1.165) is 31.0 Å². The van der Waals surface area contributed by atoms with Crippen molar-refractivity contribution in [3.05, 3.63) is 54.6 Å². The lowest BCUT2D eigenvalue weighted by Crippen LogP contribution is -2.51. The lowest BCUT2D eigenvalue weighted by molar-refractivity contribution is -0.136. The van der Waals surface area contributed by atoms with Crippen LogP contribution in [0.3, 0.4) is 0 Å². The van der Waals surface area contributed by atoms with E-state index in [0.29, 0.717) is 44.8 Å². The first-order valence-electron chi connectivity index (χ1n) is 11.5. The van der Waals surface area contributed by atoms with Crippen LogP contribution in [0, 0.1) is 5.92 Å². The van der Waals surface area contributed by atoms with Gasteiger partial charge in [-0.15, -0.1) is 24.0 Å². The van der Waals surface area contributed by atoms with Crippen LogP contribution in [-0.2, 0) is 9.53 Å². The molecule has 0 spiro atoms. The summed E-state index contributed by atoms with van der Waals surface area (Å²) in [4.78, 5) is 26.4. The van der Waals surface area contributed by atoms with Crippen LogP contribution in [0.15, 0.2) is 54.0 Å². The highest BCUT2D eigenvalue weighted by Gasteiger charge is 2.31. The molecular weight excluding hydrogens is 531 g/mol. The van der Waals surface area contributed by atoms with Crippen LogP contribution in [0.25, 0.3) is 0 Å². The molecule has 180 valence electrons. The van der Waals surface area contributed by atoms with E-state index in [1.807, 2.05) is 61.0 Å². The second-order valence-corrected chi connectivity index (χ2v) is 8.62. The molecule has 33 heavy (non-hydrogen) atoms. The first-order chi connectivity index (χ1) is 15.7. The van der Waals surface area contributed by atoms with Gasteiger partial charge in [0.15, 0.2) is 5.96 Å². The average Bonchev–Trinajstić information content (AvgIpc) is 3.38. The summed E-state index contributed by atoms with van der Waals surface area (Å²) in [5.74, 6) is 1.29. The first-order valence-corrected chi connectivity index (χ1v) is 11.5. The molecule has 2 aromatic rings. The third-order valence-corrected chi connectivity index (χ3v) is 6.62. The first kappa shape index (κ1) is 25.5. The summed E-state index contributed by atoms with van der Waals surface area (Å²) in [6, 6.07) is 10.4. The van der Waals surface area contributed by atoms with Gasteiger partial charge in [0.1, 0.15) is 0 Å². The van der Waals surface area contributed by atoms with E-state index in [-0.39, 0.29) is 35.8 Å². The van der Waals surface area contributed by atoms with Crippen molar-refractivity contribution in [2.75, 3.05) is 53.0 Å². The Labute approximate surface area is 213 Å². The molecule has 4 rings (SSSR count). The number of piperidine rings is 1. The maximum absolute atomic E-state index is 13.4. The molecule has 2 saturated heterocycles. The standard InChI is InChI=1S/C24H34N6O2.HI/c1-19-8-10-29(17-22(19)30-11-9-26-18-30)24(25-2)27-16-21(20-6-4-3-5-7-20)23(31)28-12-14-32-15-13-28;/h3-7,9,11,18-19,21-22H,8,10,12-17H2,1-2H3,(H,25,27);1H. The van der Waals surface area contributed by atoms with E-state index < -0.39 is 0 Å². The number of carbonyl (C=O) groups excluding carboxylic acids is 1. The zero-order valence-corrected chi connectivity index (χ0v) is 21.8. The number of halogens is 1. The van der Waals surface area contributed by atoms with Gasteiger partial charge in [0.25, 0.3) is 0 Å². The van der Waals surface area contributed by atoms with Gasteiger partial charge in [-0.1, -0.05) is 37.3 Å². The number of hydrogen-bond acceptors (Lipinski definition) is 4. The van der Waals surface area contributed by atoms with Crippen molar-refractivity contribution in [3.8, 4) is 0 Å². The minimum Gasteiger partial charge on any atom is -0.378 e. The summed E-state index contributed by atoms with van der Waals surface area (Å²) in [6.07, 6.45) is 6.85. The quantitative estimate of drug-likeness (QED) is 0.342. The normalized spacial score (nSPS) is 22.4. The number of carbonyl (C=O) groups is 1. The monoisotopic (exact) mass is 566 g/mol. The molecule has 3 unspecified atom stereocenters. The summed E-state index contributed by atoms with van der Waals surface area (Å²) >= 11 is 0. The highest BCUT2D eigenvalue weighted by molar-refractivity contribution is 14.0. The number of amides is 1. The Morgan fingerprint density at radius 3 is 2.64 bits per heavy atom. The van der Waals surface area contributed by atoms with Crippen LogP contribution >= 0.6 is 24.0 Å². The van der Waals surface area contributed by atoms with Crippen LogP contribution in [-0.4, -0.2) is 84.2 Å². The molecule has 0 radical (unpaired) electrons. The van der Waals surface area contributed by atoms with E-state index in [4.69, 9.17) is 4.74 Å². The zero-order valence-electron chi connectivity index (χ0n) is 19.5. The third-order valence-electron chi connectivity index (χ3n) is 6.62. The number of nitrogens with zero attached hydrogens (tertiary/aromatic N) is 5. The van der Waals surface area contributed by atoms with Gasteiger partial charge in [-0.2, -0.15) is 0 Å². The molecule has 1 N–H and O–H groups in total. The van der Waals surface area contributed by atoms with Gasteiger partial charge in [-0.3, -0.25) is 9.79 Å². The Morgan fingerprint density at radius 1 is 1.21 bits per heavy atom. The molecule has 0 bridgehead atoms. The Balaban J connectivity index is 0.00000306. The topological polar surface area (TPSA) is 75.0 Å². The van der Waals surface area contributed by atoms with Gasteiger partial charge < -0.3 is 24.4 Å². The predicted molar refractivity (Wildman–Crippen MR) is 140 cm³/mol. The maximum Gasteiger partial charge on any atom is 0.232 e. The second-order valence-electron chi connectivity index (χ2n) is 8.62. The van der Waals surface area contributed by atoms with Gasteiger partial charge in [0, 0.05) is 52.2 Å². The van der Waals surface area contributed by atoms with E-state index in [1.165, 1.54) is 0 Å². The lowest BCUT2D eigenvalue weighted by atomic mass is 9.93. The molecule has 1 aromatic carbocycles. The summed E-state index contributed by atoms with van der Waals surface area (Å²) in [5, 5.41) is 3.51. The minimum atomic E-state index is -0.265. The number of aromatic nitrogens is 2. The molecule has 0 saturated carbocycles. The van der Waals surface area contributed by atoms with Gasteiger partial charge in [0.05, 0.1) is 31.5 Å². The van der Waals surface area contributed by atoms with E-state index in [2.05, 4.69) is 31.7 Å². The fourth-order valence-corrected chi connectivity index (χ4v) is 4.66. The molecule has 0 aliphatic carbocycles. The molecule has 1 amide bonds. The predicted octanol–water partition coefficient (Wildman–Crippen LogP) is 2.60. The average molecular weight is 566 g/mol. The number of ether oxygens (including phenoxy) is 1. The van der Waals surface area contributed by atoms with Crippen LogP contribution in [0.4, 0.5) is 0 Å². The van der Waals surface area contributed by atoms with Crippen molar-refractivity contribution in [2.24, 2.45) is 10.9 Å². The molecule has 9 heteroatoms. The number of nitrogens with one attached hydrogen (secondary N) is 1. The summed E-state index contributed by atoms with van der Waals surface area (Å²) < 4.78 is 7.63. The number of benzene rings is 1. The Hall–Kier alpha value is -2.14. The highest BCUT2D eigenvalue weighted by Crippen LogP contribution is 2.27. The smallest absolute Gasteiger partial charge is 0.232 e. The zero-order chi connectivity index (χ0) is 22.3.